The van der Waals surface area contributed by atoms with Crippen LogP contribution in [0.2, 0.25) is 0 Å². The smallest absolute Gasteiger partial charge is 0.251 e. The van der Waals surface area contributed by atoms with Crippen molar-refractivity contribution in [2.24, 2.45) is 0 Å². The van der Waals surface area contributed by atoms with E-state index in [2.05, 4.69) is 20.6 Å². The predicted octanol–water partition coefficient (Wildman–Crippen LogP) is 1.38. The molecule has 3 N–H and O–H groups in total. The molecule has 0 bridgehead atoms. The Morgan fingerprint density at radius 2 is 2.12 bits per heavy atom. The Labute approximate surface area is 99.3 Å². The number of carbonyl (C=O) groups excluding carboxylic acids is 1. The molecule has 2 aromatic rings. The highest BCUT2D eigenvalue weighted by molar-refractivity contribution is 5.94. The van der Waals surface area contributed by atoms with Crippen molar-refractivity contribution in [1.82, 2.24) is 15.3 Å². The maximum Gasteiger partial charge on any atom is 0.251 e. The number of H-pyrrole nitrogens is 1. The highest BCUT2D eigenvalue weighted by Gasteiger charge is 2.05. The number of anilines is 1. The van der Waals surface area contributed by atoms with Gasteiger partial charge >= 0.3 is 0 Å². The Bertz CT molecular complexity index is 476. The number of aromatic nitrogens is 2. The molecular weight excluding hydrogens is 216 g/mol. The molecule has 1 heterocycles. The molecule has 1 aromatic carbocycles. The van der Waals surface area contributed by atoms with Crippen molar-refractivity contribution in [2.75, 3.05) is 12.4 Å². The number of hydrogen-bond donors (Lipinski definition) is 3. The lowest BCUT2D eigenvalue weighted by Crippen LogP contribution is -2.23. The molecule has 1 amide bonds. The third kappa shape index (κ3) is 2.84. The summed E-state index contributed by atoms with van der Waals surface area (Å²) in [6, 6.07) is 7.29. The average molecular weight is 230 g/mol. The van der Waals surface area contributed by atoms with E-state index in [4.69, 9.17) is 0 Å². The topological polar surface area (TPSA) is 69.8 Å². The predicted molar refractivity (Wildman–Crippen MR) is 65.7 cm³/mol. The van der Waals surface area contributed by atoms with Gasteiger partial charge in [0, 0.05) is 30.7 Å². The van der Waals surface area contributed by atoms with Crippen LogP contribution in [0.5, 0.6) is 0 Å². The summed E-state index contributed by atoms with van der Waals surface area (Å²) in [5.74, 6) is 0.634. The number of aromatic amines is 1. The van der Waals surface area contributed by atoms with Crippen LogP contribution in [0.3, 0.4) is 0 Å². The lowest BCUT2D eigenvalue weighted by molar-refractivity contribution is 0.0950. The zero-order valence-corrected chi connectivity index (χ0v) is 9.53. The summed E-state index contributed by atoms with van der Waals surface area (Å²) in [4.78, 5) is 18.7. The molecule has 0 spiro atoms. The molecular formula is C12H14N4O. The molecule has 0 atom stereocenters. The summed E-state index contributed by atoms with van der Waals surface area (Å²) >= 11 is 0. The number of amides is 1. The van der Waals surface area contributed by atoms with Crippen LogP contribution in [0.25, 0.3) is 0 Å². The average Bonchev–Trinajstić information content (AvgIpc) is 2.89. The number of rotatable bonds is 4. The zero-order valence-electron chi connectivity index (χ0n) is 9.53. The molecule has 17 heavy (non-hydrogen) atoms. The molecule has 5 nitrogen and oxygen atoms in total. The van der Waals surface area contributed by atoms with Crippen molar-refractivity contribution in [3.8, 4) is 0 Å². The summed E-state index contributed by atoms with van der Waals surface area (Å²) in [7, 11) is 1.84. The Kier molecular flexibility index (Phi) is 3.40. The largest absolute Gasteiger partial charge is 0.388 e. The first-order chi connectivity index (χ1) is 8.29. The van der Waals surface area contributed by atoms with Gasteiger partial charge in [-0.15, -0.1) is 0 Å². The van der Waals surface area contributed by atoms with Crippen LogP contribution in [-0.2, 0) is 6.54 Å². The first-order valence-corrected chi connectivity index (χ1v) is 5.34. The zero-order chi connectivity index (χ0) is 12.1. The van der Waals surface area contributed by atoms with Gasteiger partial charge in [0.2, 0.25) is 0 Å². The van der Waals surface area contributed by atoms with Crippen molar-refractivity contribution >= 4 is 11.6 Å². The molecule has 5 heteroatoms. The van der Waals surface area contributed by atoms with Gasteiger partial charge in [-0.3, -0.25) is 4.79 Å². The minimum Gasteiger partial charge on any atom is -0.388 e. The van der Waals surface area contributed by atoms with Crippen molar-refractivity contribution in [2.45, 2.75) is 6.54 Å². The van der Waals surface area contributed by atoms with E-state index in [1.54, 1.807) is 24.5 Å². The van der Waals surface area contributed by atoms with Crippen LogP contribution >= 0.6 is 0 Å². The number of nitrogens with zero attached hydrogens (tertiary/aromatic N) is 1. The third-order valence-corrected chi connectivity index (χ3v) is 2.41. The molecule has 0 unspecified atom stereocenters. The second kappa shape index (κ2) is 5.16. The van der Waals surface area contributed by atoms with E-state index >= 15 is 0 Å². The van der Waals surface area contributed by atoms with Crippen LogP contribution in [-0.4, -0.2) is 22.9 Å². The lowest BCUT2D eigenvalue weighted by atomic mass is 10.2. The van der Waals surface area contributed by atoms with E-state index in [1.165, 1.54) is 0 Å². The van der Waals surface area contributed by atoms with Crippen molar-refractivity contribution in [1.29, 1.82) is 0 Å². The van der Waals surface area contributed by atoms with E-state index in [0.29, 0.717) is 12.1 Å². The molecule has 0 fully saturated rings. The molecule has 1 aromatic heterocycles. The quantitative estimate of drug-likeness (QED) is 0.743. The number of hydrogen-bond acceptors (Lipinski definition) is 3. The maximum absolute atomic E-state index is 11.8. The van der Waals surface area contributed by atoms with Gasteiger partial charge in [0.1, 0.15) is 5.82 Å². The number of nitrogens with one attached hydrogen (secondary N) is 3. The summed E-state index contributed by atoms with van der Waals surface area (Å²) in [6.45, 7) is 0.402. The van der Waals surface area contributed by atoms with Gasteiger partial charge in [0.05, 0.1) is 6.54 Å². The molecule has 0 aliphatic carbocycles. The van der Waals surface area contributed by atoms with Crippen LogP contribution in [0.15, 0.2) is 36.7 Å². The van der Waals surface area contributed by atoms with E-state index in [-0.39, 0.29) is 5.91 Å². The second-order valence-electron chi connectivity index (χ2n) is 3.55. The van der Waals surface area contributed by atoms with E-state index in [0.717, 1.165) is 11.5 Å². The fourth-order valence-corrected chi connectivity index (χ4v) is 1.45. The fraction of sp³-hybridized carbons (Fsp3) is 0.167. The maximum atomic E-state index is 11.8. The molecule has 2 rings (SSSR count). The summed E-state index contributed by atoms with van der Waals surface area (Å²) in [5.41, 5.74) is 1.61. The molecule has 88 valence electrons. The Morgan fingerprint density at radius 1 is 1.35 bits per heavy atom. The SMILES string of the molecule is CNc1ccc(C(=O)NCc2ncc[nH]2)cc1. The van der Waals surface area contributed by atoms with Gasteiger partial charge in [-0.05, 0) is 24.3 Å². The number of benzene rings is 1. The van der Waals surface area contributed by atoms with Gasteiger partial charge in [-0.25, -0.2) is 4.98 Å². The first kappa shape index (κ1) is 11.2. The highest BCUT2D eigenvalue weighted by Crippen LogP contribution is 2.08. The summed E-state index contributed by atoms with van der Waals surface area (Å²) in [6.07, 6.45) is 3.38. The van der Waals surface area contributed by atoms with E-state index in [1.807, 2.05) is 19.2 Å². The second-order valence-corrected chi connectivity index (χ2v) is 3.55. The van der Waals surface area contributed by atoms with Crippen molar-refractivity contribution in [3.63, 3.8) is 0 Å². The Balaban J connectivity index is 1.95. The fourth-order valence-electron chi connectivity index (χ4n) is 1.45. The minimum atomic E-state index is -0.107. The molecule has 0 saturated carbocycles. The Hall–Kier alpha value is -2.30. The summed E-state index contributed by atoms with van der Waals surface area (Å²) < 4.78 is 0. The van der Waals surface area contributed by atoms with Gasteiger partial charge < -0.3 is 15.6 Å². The van der Waals surface area contributed by atoms with E-state index < -0.39 is 0 Å². The van der Waals surface area contributed by atoms with Crippen LogP contribution in [0, 0.1) is 0 Å². The van der Waals surface area contributed by atoms with Gasteiger partial charge in [-0.2, -0.15) is 0 Å². The minimum absolute atomic E-state index is 0.107. The number of carbonyl (C=O) groups is 1. The lowest BCUT2D eigenvalue weighted by Gasteiger charge is -2.04. The van der Waals surface area contributed by atoms with Crippen LogP contribution in [0.1, 0.15) is 16.2 Å². The Morgan fingerprint density at radius 3 is 2.71 bits per heavy atom. The highest BCUT2D eigenvalue weighted by atomic mass is 16.1. The molecule has 0 saturated heterocycles. The standard InChI is InChI=1S/C12H14N4O/c1-13-10-4-2-9(3-5-10)12(17)16-8-11-14-6-7-15-11/h2-7,13H,8H2,1H3,(H,14,15)(H,16,17). The monoisotopic (exact) mass is 230 g/mol. The molecule has 0 aliphatic heterocycles. The molecule has 0 aliphatic rings. The number of imidazole rings is 1. The normalized spacial score (nSPS) is 9.94. The van der Waals surface area contributed by atoms with Crippen LogP contribution in [0.4, 0.5) is 5.69 Å². The van der Waals surface area contributed by atoms with Gasteiger partial charge in [0.15, 0.2) is 0 Å². The van der Waals surface area contributed by atoms with Gasteiger partial charge in [0.25, 0.3) is 5.91 Å². The summed E-state index contributed by atoms with van der Waals surface area (Å²) in [5, 5.41) is 5.79. The first-order valence-electron chi connectivity index (χ1n) is 5.34. The van der Waals surface area contributed by atoms with Gasteiger partial charge in [-0.1, -0.05) is 0 Å². The van der Waals surface area contributed by atoms with E-state index in [9.17, 15) is 4.79 Å². The molecule has 0 radical (unpaired) electrons. The van der Waals surface area contributed by atoms with Crippen molar-refractivity contribution in [3.05, 3.63) is 48.0 Å². The van der Waals surface area contributed by atoms with Crippen molar-refractivity contribution < 1.29 is 4.79 Å². The van der Waals surface area contributed by atoms with Crippen LogP contribution < -0.4 is 10.6 Å². The third-order valence-electron chi connectivity index (χ3n) is 2.41.